The molecule has 18 heavy (non-hydrogen) atoms. The van der Waals surface area contributed by atoms with Crippen LogP contribution < -0.4 is 10.5 Å². The van der Waals surface area contributed by atoms with Gasteiger partial charge in [0.25, 0.3) is 0 Å². The van der Waals surface area contributed by atoms with E-state index in [9.17, 15) is 13.2 Å². The molecule has 0 aliphatic heterocycles. The molecule has 0 saturated carbocycles. The van der Waals surface area contributed by atoms with Crippen LogP contribution in [0.2, 0.25) is 0 Å². The minimum absolute atomic E-state index is 0.00601. The number of carbonyl (C=O) groups excluding carboxylic acids is 1. The molecule has 0 aliphatic carbocycles. The van der Waals surface area contributed by atoms with Gasteiger partial charge in [-0.25, -0.2) is 13.1 Å². The summed E-state index contributed by atoms with van der Waals surface area (Å²) < 4.78 is 25.5. The Balaban J connectivity index is 2.59. The molecule has 0 aliphatic rings. The van der Waals surface area contributed by atoms with E-state index < -0.39 is 15.9 Å². The van der Waals surface area contributed by atoms with Gasteiger partial charge in [-0.1, -0.05) is 12.1 Å². The van der Waals surface area contributed by atoms with E-state index in [1.807, 2.05) is 6.07 Å². The molecule has 0 radical (unpaired) electrons. The molecule has 1 amide bonds. The second-order valence-electron chi connectivity index (χ2n) is 3.68. The van der Waals surface area contributed by atoms with Gasteiger partial charge in [0, 0.05) is 13.0 Å². The lowest BCUT2D eigenvalue weighted by atomic mass is 10.2. The van der Waals surface area contributed by atoms with Crippen LogP contribution in [0.25, 0.3) is 0 Å². The Morgan fingerprint density at radius 1 is 1.33 bits per heavy atom. The predicted octanol–water partition coefficient (Wildman–Crippen LogP) is -0.147. The van der Waals surface area contributed by atoms with E-state index in [2.05, 4.69) is 4.72 Å². The van der Waals surface area contributed by atoms with Crippen molar-refractivity contribution in [3.05, 3.63) is 35.4 Å². The van der Waals surface area contributed by atoms with E-state index in [1.54, 1.807) is 24.3 Å². The summed E-state index contributed by atoms with van der Waals surface area (Å²) in [7, 11) is -3.49. The molecule has 0 saturated heterocycles. The van der Waals surface area contributed by atoms with Crippen molar-refractivity contribution in [3.8, 4) is 6.07 Å². The maximum absolute atomic E-state index is 11.6. The van der Waals surface area contributed by atoms with Gasteiger partial charge in [0.15, 0.2) is 0 Å². The number of nitrogens with two attached hydrogens (primary N) is 1. The van der Waals surface area contributed by atoms with Gasteiger partial charge in [0.1, 0.15) is 0 Å². The van der Waals surface area contributed by atoms with Gasteiger partial charge in [0.2, 0.25) is 15.9 Å². The number of rotatable bonds is 6. The average Bonchev–Trinajstić information content (AvgIpc) is 2.28. The first-order valence-electron chi connectivity index (χ1n) is 5.17. The Bertz CT molecular complexity index is 558. The molecule has 1 aromatic carbocycles. The fourth-order valence-electron chi connectivity index (χ4n) is 1.28. The zero-order chi connectivity index (χ0) is 13.6. The fraction of sp³-hybridized carbons (Fsp3) is 0.273. The quantitative estimate of drug-likeness (QED) is 0.746. The van der Waals surface area contributed by atoms with Crippen molar-refractivity contribution in [2.75, 3.05) is 6.54 Å². The molecule has 6 nitrogen and oxygen atoms in total. The Morgan fingerprint density at radius 3 is 2.44 bits per heavy atom. The Labute approximate surface area is 105 Å². The van der Waals surface area contributed by atoms with Gasteiger partial charge < -0.3 is 5.73 Å². The first kappa shape index (κ1) is 14.2. The third kappa shape index (κ3) is 4.95. The SMILES string of the molecule is N#Cc1ccc(CS(=O)(=O)NCCC(N)=O)cc1. The standard InChI is InChI=1S/C11H13N3O3S/c12-7-9-1-3-10(4-2-9)8-18(16,17)14-6-5-11(13)15/h1-4,14H,5-6,8H2,(H2,13,15). The van der Waals surface area contributed by atoms with Crippen LogP contribution in [0, 0.1) is 11.3 Å². The lowest BCUT2D eigenvalue weighted by molar-refractivity contribution is -0.117. The topological polar surface area (TPSA) is 113 Å². The number of hydrogen-bond acceptors (Lipinski definition) is 4. The van der Waals surface area contributed by atoms with Crippen LogP contribution >= 0.6 is 0 Å². The van der Waals surface area contributed by atoms with Crippen LogP contribution in [0.5, 0.6) is 0 Å². The van der Waals surface area contributed by atoms with E-state index in [4.69, 9.17) is 11.0 Å². The average molecular weight is 267 g/mol. The molecule has 0 heterocycles. The highest BCUT2D eigenvalue weighted by molar-refractivity contribution is 7.88. The number of amides is 1. The molecule has 0 aromatic heterocycles. The Hall–Kier alpha value is -1.91. The third-order valence-electron chi connectivity index (χ3n) is 2.13. The number of hydrogen-bond donors (Lipinski definition) is 2. The van der Waals surface area contributed by atoms with Crippen molar-refractivity contribution in [2.45, 2.75) is 12.2 Å². The number of nitrogens with zero attached hydrogens (tertiary/aromatic N) is 1. The smallest absolute Gasteiger partial charge is 0.218 e. The summed E-state index contributed by atoms with van der Waals surface area (Å²) in [5.41, 5.74) is 5.94. The van der Waals surface area contributed by atoms with Crippen molar-refractivity contribution in [3.63, 3.8) is 0 Å². The molecule has 1 aromatic rings. The van der Waals surface area contributed by atoms with E-state index in [0.717, 1.165) is 0 Å². The number of sulfonamides is 1. The number of benzene rings is 1. The molecular weight excluding hydrogens is 254 g/mol. The summed E-state index contributed by atoms with van der Waals surface area (Å²) in [6, 6.07) is 8.20. The molecule has 0 unspecified atom stereocenters. The van der Waals surface area contributed by atoms with Crippen molar-refractivity contribution in [1.82, 2.24) is 4.72 Å². The lowest BCUT2D eigenvalue weighted by Gasteiger charge is -2.05. The van der Waals surface area contributed by atoms with Gasteiger partial charge in [-0.15, -0.1) is 0 Å². The molecule has 0 bridgehead atoms. The summed E-state index contributed by atoms with van der Waals surface area (Å²) in [6.45, 7) is -0.00601. The summed E-state index contributed by atoms with van der Waals surface area (Å²) in [5.74, 6) is -0.756. The fourth-order valence-corrected chi connectivity index (χ4v) is 2.42. The van der Waals surface area contributed by atoms with Gasteiger partial charge in [-0.3, -0.25) is 4.79 Å². The van der Waals surface area contributed by atoms with E-state index in [1.165, 1.54) is 0 Å². The minimum Gasteiger partial charge on any atom is -0.370 e. The molecule has 96 valence electrons. The van der Waals surface area contributed by atoms with Crippen molar-refractivity contribution in [2.24, 2.45) is 5.73 Å². The number of nitriles is 1. The Kier molecular flexibility index (Phi) is 4.83. The van der Waals surface area contributed by atoms with Gasteiger partial charge in [-0.05, 0) is 17.7 Å². The summed E-state index contributed by atoms with van der Waals surface area (Å²) in [6.07, 6.45) is -0.0351. The van der Waals surface area contributed by atoms with E-state index in [0.29, 0.717) is 11.1 Å². The minimum atomic E-state index is -3.49. The first-order chi connectivity index (χ1) is 8.43. The molecule has 0 atom stereocenters. The van der Waals surface area contributed by atoms with Crippen LogP contribution in [0.15, 0.2) is 24.3 Å². The van der Waals surface area contributed by atoms with Crippen molar-refractivity contribution < 1.29 is 13.2 Å². The van der Waals surface area contributed by atoms with Gasteiger partial charge in [-0.2, -0.15) is 5.26 Å². The molecule has 3 N–H and O–H groups in total. The molecule has 0 fully saturated rings. The maximum atomic E-state index is 11.6. The Morgan fingerprint density at radius 2 is 1.94 bits per heavy atom. The highest BCUT2D eigenvalue weighted by Crippen LogP contribution is 2.07. The van der Waals surface area contributed by atoms with E-state index >= 15 is 0 Å². The zero-order valence-corrected chi connectivity index (χ0v) is 10.4. The van der Waals surface area contributed by atoms with Gasteiger partial charge in [0.05, 0.1) is 17.4 Å². The monoisotopic (exact) mass is 267 g/mol. The van der Waals surface area contributed by atoms with Gasteiger partial charge >= 0.3 is 0 Å². The second kappa shape index (κ2) is 6.14. The normalized spacial score (nSPS) is 10.8. The summed E-state index contributed by atoms with van der Waals surface area (Å²) in [4.78, 5) is 10.5. The highest BCUT2D eigenvalue weighted by atomic mass is 32.2. The number of carbonyl (C=O) groups is 1. The van der Waals surface area contributed by atoms with Crippen LogP contribution in [-0.4, -0.2) is 20.9 Å². The van der Waals surface area contributed by atoms with Crippen LogP contribution in [0.1, 0.15) is 17.5 Å². The van der Waals surface area contributed by atoms with E-state index in [-0.39, 0.29) is 18.7 Å². The molecular formula is C11H13N3O3S. The molecule has 1 rings (SSSR count). The summed E-state index contributed by atoms with van der Waals surface area (Å²) >= 11 is 0. The van der Waals surface area contributed by atoms with Crippen molar-refractivity contribution in [1.29, 1.82) is 5.26 Å². The molecule has 7 heteroatoms. The van der Waals surface area contributed by atoms with Crippen molar-refractivity contribution >= 4 is 15.9 Å². The first-order valence-corrected chi connectivity index (χ1v) is 6.83. The highest BCUT2D eigenvalue weighted by Gasteiger charge is 2.11. The van der Waals surface area contributed by atoms with Crippen LogP contribution in [0.4, 0.5) is 0 Å². The third-order valence-corrected chi connectivity index (χ3v) is 3.49. The zero-order valence-electron chi connectivity index (χ0n) is 9.59. The number of primary amides is 1. The molecule has 0 spiro atoms. The van der Waals surface area contributed by atoms with Crippen LogP contribution in [-0.2, 0) is 20.6 Å². The van der Waals surface area contributed by atoms with Crippen LogP contribution in [0.3, 0.4) is 0 Å². The lowest BCUT2D eigenvalue weighted by Crippen LogP contribution is -2.29. The maximum Gasteiger partial charge on any atom is 0.218 e. The number of nitrogens with one attached hydrogen (secondary N) is 1. The second-order valence-corrected chi connectivity index (χ2v) is 5.49. The largest absolute Gasteiger partial charge is 0.370 e. The predicted molar refractivity (Wildman–Crippen MR) is 65.6 cm³/mol. The summed E-state index contributed by atoms with van der Waals surface area (Å²) in [5, 5.41) is 8.60.